The van der Waals surface area contributed by atoms with Crippen molar-refractivity contribution >= 4 is 45.0 Å². The Morgan fingerprint density at radius 2 is 1.84 bits per heavy atom. The van der Waals surface area contributed by atoms with Crippen LogP contribution in [0.2, 0.25) is 5.02 Å². The average molecular weight is 422 g/mol. The van der Waals surface area contributed by atoms with Gasteiger partial charge in [-0.3, -0.25) is 9.59 Å². The third-order valence-corrected chi connectivity index (χ3v) is 5.48. The molecular weight excluding hydrogens is 404 g/mol. The van der Waals surface area contributed by atoms with Crippen molar-refractivity contribution in [2.24, 2.45) is 0 Å². The second-order valence-corrected chi connectivity index (χ2v) is 7.38. The van der Waals surface area contributed by atoms with Crippen LogP contribution in [-0.4, -0.2) is 35.8 Å². The first-order valence-electron chi connectivity index (χ1n) is 8.03. The van der Waals surface area contributed by atoms with Crippen molar-refractivity contribution in [1.29, 1.82) is 0 Å². The molecule has 2 amide bonds. The average Bonchev–Trinajstić information content (AvgIpc) is 2.60. The lowest BCUT2D eigenvalue weighted by molar-refractivity contribution is -0.124. The van der Waals surface area contributed by atoms with Gasteiger partial charge >= 0.3 is 0 Å². The lowest BCUT2D eigenvalue weighted by atomic mass is 10.1. The Morgan fingerprint density at radius 3 is 2.52 bits per heavy atom. The predicted molar refractivity (Wildman–Crippen MR) is 103 cm³/mol. The maximum atomic E-state index is 12.9. The third-order valence-electron chi connectivity index (χ3n) is 4.54. The summed E-state index contributed by atoms with van der Waals surface area (Å²) >= 11 is 9.54. The number of anilines is 1. The number of hydrogen-bond acceptors (Lipinski definition) is 2. The fourth-order valence-electron chi connectivity index (χ4n) is 3.03. The molecule has 1 aliphatic rings. The highest BCUT2D eigenvalue weighted by Crippen LogP contribution is 2.29. The molecule has 0 saturated carbocycles. The molecule has 0 radical (unpaired) electrons. The monoisotopic (exact) mass is 420 g/mol. The highest BCUT2D eigenvalue weighted by atomic mass is 79.9. The fourth-order valence-corrected chi connectivity index (χ4v) is 3.47. The number of carbonyl (C=O) groups is 2. The molecule has 25 heavy (non-hydrogen) atoms. The van der Waals surface area contributed by atoms with Crippen LogP contribution in [0.4, 0.5) is 5.69 Å². The minimum Gasteiger partial charge on any atom is -0.325 e. The summed E-state index contributed by atoms with van der Waals surface area (Å²) in [5, 5.41) is 0.631. The van der Waals surface area contributed by atoms with Crippen LogP contribution in [0.5, 0.6) is 0 Å². The van der Waals surface area contributed by atoms with Gasteiger partial charge < -0.3 is 9.80 Å². The summed E-state index contributed by atoms with van der Waals surface area (Å²) in [5.41, 5.74) is 2.26. The van der Waals surface area contributed by atoms with Crippen LogP contribution in [-0.2, 0) is 4.79 Å². The second-order valence-electron chi connectivity index (χ2n) is 6.06. The van der Waals surface area contributed by atoms with Gasteiger partial charge in [0, 0.05) is 33.8 Å². The number of nitrogens with zero attached hydrogens (tertiary/aromatic N) is 2. The van der Waals surface area contributed by atoms with Gasteiger partial charge in [0.15, 0.2) is 0 Å². The topological polar surface area (TPSA) is 40.6 Å². The summed E-state index contributed by atoms with van der Waals surface area (Å²) in [4.78, 5) is 29.0. The summed E-state index contributed by atoms with van der Waals surface area (Å²) < 4.78 is 0.912. The summed E-state index contributed by atoms with van der Waals surface area (Å²) in [6.07, 6.45) is 0. The molecule has 1 aliphatic heterocycles. The fraction of sp³-hybridized carbons (Fsp3) is 0.263. The number of hydrogen-bond donors (Lipinski definition) is 0. The number of halogens is 2. The third kappa shape index (κ3) is 3.44. The van der Waals surface area contributed by atoms with E-state index in [-0.39, 0.29) is 11.8 Å². The highest BCUT2D eigenvalue weighted by molar-refractivity contribution is 9.10. The molecule has 130 valence electrons. The highest BCUT2D eigenvalue weighted by Gasteiger charge is 2.35. The van der Waals surface area contributed by atoms with Gasteiger partial charge in [-0.2, -0.15) is 0 Å². The molecule has 2 aromatic rings. The maximum absolute atomic E-state index is 12.9. The van der Waals surface area contributed by atoms with Crippen LogP contribution in [0.1, 0.15) is 22.8 Å². The van der Waals surface area contributed by atoms with Gasteiger partial charge in [0.25, 0.3) is 5.91 Å². The molecule has 2 aromatic carbocycles. The molecule has 6 heteroatoms. The van der Waals surface area contributed by atoms with E-state index >= 15 is 0 Å². The van der Waals surface area contributed by atoms with Crippen molar-refractivity contribution in [1.82, 2.24) is 4.90 Å². The normalized spacial score (nSPS) is 17.8. The van der Waals surface area contributed by atoms with Crippen LogP contribution in [0.3, 0.4) is 0 Å². The molecule has 1 unspecified atom stereocenters. The van der Waals surface area contributed by atoms with Crippen LogP contribution in [0.25, 0.3) is 0 Å². The number of rotatable bonds is 2. The van der Waals surface area contributed by atoms with Crippen molar-refractivity contribution in [3.8, 4) is 0 Å². The molecule has 4 nitrogen and oxygen atoms in total. The van der Waals surface area contributed by atoms with E-state index in [9.17, 15) is 9.59 Å². The number of carbonyl (C=O) groups excluding carboxylic acids is 2. The molecule has 1 fully saturated rings. The van der Waals surface area contributed by atoms with Crippen molar-refractivity contribution in [2.45, 2.75) is 19.9 Å². The first kappa shape index (κ1) is 18.0. The zero-order valence-electron chi connectivity index (χ0n) is 14.0. The van der Waals surface area contributed by atoms with Gasteiger partial charge in [-0.05, 0) is 55.8 Å². The molecule has 1 heterocycles. The van der Waals surface area contributed by atoms with Crippen molar-refractivity contribution in [2.75, 3.05) is 18.0 Å². The van der Waals surface area contributed by atoms with E-state index in [1.165, 1.54) is 0 Å². The quantitative estimate of drug-likeness (QED) is 0.726. The Kier molecular flexibility index (Phi) is 5.16. The van der Waals surface area contributed by atoms with Crippen molar-refractivity contribution < 1.29 is 9.59 Å². The first-order valence-corrected chi connectivity index (χ1v) is 9.20. The summed E-state index contributed by atoms with van der Waals surface area (Å²) in [6, 6.07) is 12.2. The maximum Gasteiger partial charge on any atom is 0.254 e. The Bertz CT molecular complexity index is 823. The summed E-state index contributed by atoms with van der Waals surface area (Å²) in [5.74, 6) is -0.224. The van der Waals surface area contributed by atoms with Gasteiger partial charge in [0.1, 0.15) is 6.04 Å². The molecular formula is C19H18BrClN2O2. The molecule has 0 aliphatic carbocycles. The largest absolute Gasteiger partial charge is 0.325 e. The predicted octanol–water partition coefficient (Wildman–Crippen LogP) is 4.29. The molecule has 3 rings (SSSR count). The van der Waals surface area contributed by atoms with E-state index in [0.29, 0.717) is 23.7 Å². The van der Waals surface area contributed by atoms with Gasteiger partial charge in [0.05, 0.1) is 0 Å². The zero-order valence-corrected chi connectivity index (χ0v) is 16.3. The molecule has 0 bridgehead atoms. The van der Waals surface area contributed by atoms with Crippen LogP contribution < -0.4 is 4.90 Å². The van der Waals surface area contributed by atoms with Gasteiger partial charge in [-0.1, -0.05) is 33.6 Å². The van der Waals surface area contributed by atoms with E-state index in [2.05, 4.69) is 15.9 Å². The number of amides is 2. The van der Waals surface area contributed by atoms with Gasteiger partial charge in [-0.15, -0.1) is 0 Å². The van der Waals surface area contributed by atoms with E-state index in [4.69, 9.17) is 11.6 Å². The molecule has 1 saturated heterocycles. The molecule has 0 aromatic heterocycles. The number of benzene rings is 2. The Hall–Kier alpha value is -1.85. The van der Waals surface area contributed by atoms with E-state index in [1.807, 2.05) is 37.3 Å². The molecule has 0 spiro atoms. The summed E-state index contributed by atoms with van der Waals surface area (Å²) in [7, 11) is 0. The van der Waals surface area contributed by atoms with Crippen molar-refractivity contribution in [3.63, 3.8) is 0 Å². The van der Waals surface area contributed by atoms with Gasteiger partial charge in [0.2, 0.25) is 5.91 Å². The lowest BCUT2D eigenvalue weighted by Gasteiger charge is -2.39. The second kappa shape index (κ2) is 7.18. The minimum absolute atomic E-state index is 0.0953. The Morgan fingerprint density at radius 1 is 1.16 bits per heavy atom. The number of piperazine rings is 1. The van der Waals surface area contributed by atoms with Crippen molar-refractivity contribution in [3.05, 3.63) is 63.1 Å². The van der Waals surface area contributed by atoms with Crippen LogP contribution in [0, 0.1) is 6.92 Å². The minimum atomic E-state index is -0.525. The van der Waals surface area contributed by atoms with Crippen LogP contribution >= 0.6 is 27.5 Å². The Labute approximate surface area is 160 Å². The lowest BCUT2D eigenvalue weighted by Crippen LogP contribution is -2.57. The van der Waals surface area contributed by atoms with E-state index in [0.717, 1.165) is 15.7 Å². The smallest absolute Gasteiger partial charge is 0.254 e. The standard InChI is InChI=1S/C19H18BrClN2O2/c1-12-16(21)4-3-5-17(12)23-11-10-22(13(2)18(23)24)19(25)14-6-8-15(20)9-7-14/h3-9,13H,10-11H2,1-2H3. The Balaban J connectivity index is 1.83. The first-order chi connectivity index (χ1) is 11.9. The van der Waals surface area contributed by atoms with Gasteiger partial charge in [-0.25, -0.2) is 0 Å². The SMILES string of the molecule is Cc1c(Cl)cccc1N1CCN(C(=O)c2ccc(Br)cc2)C(C)C1=O. The van der Waals surface area contributed by atoms with E-state index in [1.54, 1.807) is 28.9 Å². The van der Waals surface area contributed by atoms with E-state index < -0.39 is 6.04 Å². The molecule has 1 atom stereocenters. The summed E-state index contributed by atoms with van der Waals surface area (Å²) in [6.45, 7) is 4.60. The van der Waals surface area contributed by atoms with Crippen LogP contribution in [0.15, 0.2) is 46.9 Å². The molecule has 0 N–H and O–H groups in total. The zero-order chi connectivity index (χ0) is 18.1.